The maximum absolute atomic E-state index is 11.7. The van der Waals surface area contributed by atoms with Gasteiger partial charge in [0.25, 0.3) is 0 Å². The molecule has 3 heterocycles. The molecule has 2 aromatic carbocycles. The van der Waals surface area contributed by atoms with Crippen LogP contribution in [0.1, 0.15) is 18.1 Å². The van der Waals surface area contributed by atoms with Crippen LogP contribution in [0, 0.1) is 5.92 Å². The van der Waals surface area contributed by atoms with Crippen molar-refractivity contribution in [1.82, 2.24) is 35.7 Å². The first-order valence-corrected chi connectivity index (χ1v) is 14.3. The molecule has 38 heavy (non-hydrogen) atoms. The van der Waals surface area contributed by atoms with E-state index in [4.69, 9.17) is 5.11 Å². The predicted octanol–water partition coefficient (Wildman–Crippen LogP) is 2.24. The van der Waals surface area contributed by atoms with Crippen LogP contribution in [0.2, 0.25) is 0 Å². The number of tetrazole rings is 1. The zero-order valence-corrected chi connectivity index (χ0v) is 23.1. The molecule has 0 saturated carbocycles. The van der Waals surface area contributed by atoms with Gasteiger partial charge in [0.1, 0.15) is 5.37 Å². The van der Waals surface area contributed by atoms with Crippen molar-refractivity contribution < 1.29 is 14.7 Å². The van der Waals surface area contributed by atoms with Crippen molar-refractivity contribution in [1.29, 1.82) is 0 Å². The first-order chi connectivity index (χ1) is 18.4. The molecule has 0 bridgehead atoms. The highest BCUT2D eigenvalue weighted by Crippen LogP contribution is 2.50. The summed E-state index contributed by atoms with van der Waals surface area (Å²) in [5, 5.41) is 27.6. The molecule has 12 heteroatoms. The summed E-state index contributed by atoms with van der Waals surface area (Å²) >= 11 is 3.07. The van der Waals surface area contributed by atoms with Gasteiger partial charge in [-0.1, -0.05) is 72.4 Å². The molecular formula is C26H33N7O3S2. The molecule has 1 amide bonds. The highest BCUT2D eigenvalue weighted by atomic mass is 32.2. The van der Waals surface area contributed by atoms with Crippen molar-refractivity contribution >= 4 is 35.4 Å². The molecule has 2 saturated heterocycles. The zero-order chi connectivity index (χ0) is 27.0. The van der Waals surface area contributed by atoms with Crippen molar-refractivity contribution in [2.75, 3.05) is 25.4 Å². The van der Waals surface area contributed by atoms with Gasteiger partial charge in [-0.2, -0.15) is 0 Å². The number of carboxylic acid groups (broad SMARTS) is 1. The smallest absolute Gasteiger partial charge is 0.319 e. The van der Waals surface area contributed by atoms with Crippen LogP contribution < -0.4 is 10.6 Å². The van der Waals surface area contributed by atoms with Gasteiger partial charge in [-0.25, -0.2) is 4.68 Å². The van der Waals surface area contributed by atoms with E-state index in [1.54, 1.807) is 28.4 Å². The van der Waals surface area contributed by atoms with Gasteiger partial charge in [0.05, 0.1) is 0 Å². The third-order valence-corrected chi connectivity index (χ3v) is 9.41. The molecule has 2 unspecified atom stereocenters. The van der Waals surface area contributed by atoms with Crippen molar-refractivity contribution in [2.24, 2.45) is 13.0 Å². The summed E-state index contributed by atoms with van der Waals surface area (Å²) in [5.41, 5.74) is 2.67. The number of fused-ring (bicyclic) bond motifs is 1. The Labute approximate surface area is 230 Å². The molecule has 2 aliphatic heterocycles. The molecule has 0 radical (unpaired) electrons. The molecule has 1 aromatic heterocycles. The summed E-state index contributed by atoms with van der Waals surface area (Å²) in [4.78, 5) is 24.4. The fourth-order valence-corrected chi connectivity index (χ4v) is 6.98. The summed E-state index contributed by atoms with van der Waals surface area (Å²) in [7, 11) is 1.77. The molecule has 202 valence electrons. The number of aryl methyl sites for hydroxylation is 1. The molecule has 10 nitrogen and oxygen atoms in total. The van der Waals surface area contributed by atoms with Gasteiger partial charge >= 0.3 is 5.97 Å². The Morgan fingerprint density at radius 2 is 1.66 bits per heavy atom. The van der Waals surface area contributed by atoms with Crippen LogP contribution in [-0.2, 0) is 29.7 Å². The van der Waals surface area contributed by atoms with E-state index >= 15 is 0 Å². The fraction of sp³-hybridized carbons (Fsp3) is 0.423. The highest BCUT2D eigenvalue weighted by molar-refractivity contribution is 8.04. The maximum atomic E-state index is 11.7. The van der Waals surface area contributed by atoms with Crippen molar-refractivity contribution in [2.45, 2.75) is 35.3 Å². The van der Waals surface area contributed by atoms with Crippen LogP contribution in [0.15, 0.2) is 65.8 Å². The number of aliphatic carboxylic acids is 1. The molecule has 3 aromatic rings. The number of carbonyl (C=O) groups excluding carboxylic acids is 1. The second-order valence-electron chi connectivity index (χ2n) is 9.44. The highest BCUT2D eigenvalue weighted by Gasteiger charge is 2.60. The second-order valence-corrected chi connectivity index (χ2v) is 12.1. The number of nitrogens with one attached hydrogen (secondary N) is 2. The molecule has 2 aliphatic rings. The number of hydrogen-bond donors (Lipinski definition) is 3. The van der Waals surface area contributed by atoms with Gasteiger partial charge in [-0.3, -0.25) is 9.59 Å². The van der Waals surface area contributed by atoms with Crippen molar-refractivity contribution in [3.63, 3.8) is 0 Å². The molecule has 5 rings (SSSR count). The largest absolute Gasteiger partial charge is 0.481 e. The Hall–Kier alpha value is -2.93. The number of aromatic nitrogens is 4. The van der Waals surface area contributed by atoms with E-state index < -0.39 is 11.9 Å². The van der Waals surface area contributed by atoms with Crippen molar-refractivity contribution in [3.05, 3.63) is 71.8 Å². The van der Waals surface area contributed by atoms with Crippen LogP contribution in [0.25, 0.3) is 0 Å². The lowest BCUT2D eigenvalue weighted by Crippen LogP contribution is -2.59. The van der Waals surface area contributed by atoms with Gasteiger partial charge < -0.3 is 20.6 Å². The van der Waals surface area contributed by atoms with Gasteiger partial charge in [0, 0.05) is 50.3 Å². The standard InChI is InChI=1S/C16H20N2.C10H13N5O3S2/c1-3-7-15(8-4-1)13-17-11-12-18-14-16-9-5-2-6-10-16;1-10(4-19-9-11-12-13-14(9)2)3-15-6(16)5(8(17)18)7(15)20-10/h1-10,17-18H,11-14H2;5,7H,3-4H2,1-2H3,(H,17,18)/t;5?,7-,10?/m.1/s1. The minimum atomic E-state index is -1.03. The van der Waals surface area contributed by atoms with E-state index in [1.165, 1.54) is 22.9 Å². The molecule has 3 atom stereocenters. The summed E-state index contributed by atoms with van der Waals surface area (Å²) in [6, 6.07) is 21.0. The topological polar surface area (TPSA) is 125 Å². The summed E-state index contributed by atoms with van der Waals surface area (Å²) in [6.07, 6.45) is 0. The lowest BCUT2D eigenvalue weighted by Gasteiger charge is -2.38. The minimum absolute atomic E-state index is 0.179. The molecule has 0 aliphatic carbocycles. The average molecular weight is 556 g/mol. The van der Waals surface area contributed by atoms with E-state index in [0.717, 1.165) is 31.9 Å². The van der Waals surface area contributed by atoms with Gasteiger partial charge in [-0.05, 0) is 28.5 Å². The van der Waals surface area contributed by atoms with E-state index in [-0.39, 0.29) is 16.0 Å². The Kier molecular flexibility index (Phi) is 9.78. The summed E-state index contributed by atoms with van der Waals surface area (Å²) in [6.45, 7) is 6.47. The monoisotopic (exact) mass is 555 g/mol. The number of rotatable bonds is 11. The molecule has 2 fully saturated rings. The van der Waals surface area contributed by atoms with E-state index in [2.05, 4.69) is 74.7 Å². The Balaban J connectivity index is 0.000000178. The molecule has 3 N–H and O–H groups in total. The number of thioether (sulfide) groups is 2. The number of carboxylic acids is 1. The van der Waals surface area contributed by atoms with E-state index in [9.17, 15) is 9.59 Å². The Bertz CT molecular complexity index is 1150. The van der Waals surface area contributed by atoms with Crippen molar-refractivity contribution in [3.8, 4) is 0 Å². The average Bonchev–Trinajstić information content (AvgIpc) is 3.47. The normalized spacial score (nSPS) is 21.8. The number of carbonyl (C=O) groups is 2. The third-order valence-electron chi connectivity index (χ3n) is 6.23. The second kappa shape index (κ2) is 13.2. The predicted molar refractivity (Wildman–Crippen MR) is 148 cm³/mol. The number of benzene rings is 2. The third kappa shape index (κ3) is 7.34. The van der Waals surface area contributed by atoms with Gasteiger partial charge in [-0.15, -0.1) is 16.9 Å². The van der Waals surface area contributed by atoms with Crippen LogP contribution in [0.5, 0.6) is 0 Å². The lowest BCUT2D eigenvalue weighted by atomic mass is 9.97. The summed E-state index contributed by atoms with van der Waals surface area (Å²) in [5.74, 6) is -1.47. The minimum Gasteiger partial charge on any atom is -0.481 e. The number of nitrogens with zero attached hydrogens (tertiary/aromatic N) is 5. The molecule has 0 spiro atoms. The number of β-lactam (4-membered cyclic amide) rings is 1. The summed E-state index contributed by atoms with van der Waals surface area (Å²) < 4.78 is 1.41. The lowest BCUT2D eigenvalue weighted by molar-refractivity contribution is -0.163. The van der Waals surface area contributed by atoms with Gasteiger partial charge in [0.2, 0.25) is 11.1 Å². The maximum Gasteiger partial charge on any atom is 0.319 e. The molecular weight excluding hydrogens is 522 g/mol. The van der Waals surface area contributed by atoms with Gasteiger partial charge in [0.15, 0.2) is 5.92 Å². The first kappa shape index (κ1) is 28.1. The van der Waals surface area contributed by atoms with E-state index in [0.29, 0.717) is 11.7 Å². The zero-order valence-electron chi connectivity index (χ0n) is 21.5. The van der Waals surface area contributed by atoms with Crippen LogP contribution >= 0.6 is 23.5 Å². The fourth-order valence-electron chi connectivity index (χ4n) is 4.21. The number of hydrogen-bond acceptors (Lipinski definition) is 9. The van der Waals surface area contributed by atoms with Crippen LogP contribution in [0.3, 0.4) is 0 Å². The Morgan fingerprint density at radius 1 is 1.08 bits per heavy atom. The van der Waals surface area contributed by atoms with Crippen LogP contribution in [-0.4, -0.2) is 77.6 Å². The SMILES string of the molecule is Cn1nnnc1SCC1(C)CN2C(=O)C(C(=O)O)[C@H]2S1.c1ccc(CNCCNCc2ccccc2)cc1. The number of amides is 1. The first-order valence-electron chi connectivity index (χ1n) is 12.4. The quantitative estimate of drug-likeness (QED) is 0.140. The Morgan fingerprint density at radius 3 is 2.16 bits per heavy atom. The van der Waals surface area contributed by atoms with E-state index in [1.807, 2.05) is 19.1 Å². The van der Waals surface area contributed by atoms with Crippen LogP contribution in [0.4, 0.5) is 0 Å².